The minimum Gasteiger partial charge on any atom is -0.381 e. The van der Waals surface area contributed by atoms with Gasteiger partial charge in [0.2, 0.25) is 0 Å². The number of hydrogen-bond acceptors (Lipinski definition) is 2. The highest BCUT2D eigenvalue weighted by Crippen LogP contribution is 2.57. The molecule has 2 unspecified atom stereocenters. The Morgan fingerprint density at radius 3 is 2.16 bits per heavy atom. The highest BCUT2D eigenvalue weighted by Gasteiger charge is 2.51. The van der Waals surface area contributed by atoms with Gasteiger partial charge in [-0.2, -0.15) is 5.26 Å². The fourth-order valence-electron chi connectivity index (χ4n) is 3.85. The summed E-state index contributed by atoms with van der Waals surface area (Å²) >= 11 is 0. The van der Waals surface area contributed by atoms with Gasteiger partial charge in [-0.05, 0) is 42.4 Å². The molecule has 2 heteroatoms. The first kappa shape index (κ1) is 14.9. The van der Waals surface area contributed by atoms with E-state index in [0.717, 1.165) is 26.1 Å². The van der Waals surface area contributed by atoms with Crippen molar-refractivity contribution in [3.8, 4) is 6.07 Å². The van der Waals surface area contributed by atoms with Crippen LogP contribution in [-0.2, 0) is 4.74 Å². The Balaban J connectivity index is 2.02. The average Bonchev–Trinajstić information content (AvgIpc) is 2.16. The van der Waals surface area contributed by atoms with Crippen LogP contribution in [-0.4, -0.2) is 13.2 Å². The molecule has 108 valence electrons. The summed E-state index contributed by atoms with van der Waals surface area (Å²) in [5, 5.41) is 9.70. The first-order valence-electron chi connectivity index (χ1n) is 7.68. The second kappa shape index (κ2) is 4.77. The third-order valence-electron chi connectivity index (χ3n) is 5.30. The lowest BCUT2D eigenvalue weighted by atomic mass is 9.52. The van der Waals surface area contributed by atoms with E-state index >= 15 is 0 Å². The van der Waals surface area contributed by atoms with Crippen LogP contribution in [0.5, 0.6) is 0 Å². The smallest absolute Gasteiger partial charge is 0.0692 e. The second-order valence-electron chi connectivity index (χ2n) is 8.67. The fraction of sp³-hybridized carbons (Fsp3) is 0.941. The van der Waals surface area contributed by atoms with E-state index in [-0.39, 0.29) is 10.8 Å². The topological polar surface area (TPSA) is 33.0 Å². The monoisotopic (exact) mass is 263 g/mol. The quantitative estimate of drug-likeness (QED) is 0.753. The van der Waals surface area contributed by atoms with Gasteiger partial charge in [0, 0.05) is 5.92 Å². The van der Waals surface area contributed by atoms with Crippen LogP contribution < -0.4 is 0 Å². The Morgan fingerprint density at radius 2 is 1.84 bits per heavy atom. The molecule has 1 saturated carbocycles. The maximum absolute atomic E-state index is 9.70. The molecular weight excluding hydrogens is 234 g/mol. The zero-order valence-corrected chi connectivity index (χ0v) is 13.3. The molecule has 1 aliphatic heterocycles. The van der Waals surface area contributed by atoms with Gasteiger partial charge in [0.05, 0.1) is 24.7 Å². The highest BCUT2D eigenvalue weighted by atomic mass is 16.5. The van der Waals surface area contributed by atoms with Crippen LogP contribution in [0.15, 0.2) is 0 Å². The van der Waals surface area contributed by atoms with Gasteiger partial charge in [0.25, 0.3) is 0 Å². The van der Waals surface area contributed by atoms with Crippen LogP contribution in [0, 0.1) is 39.4 Å². The van der Waals surface area contributed by atoms with E-state index in [9.17, 15) is 5.26 Å². The Hall–Kier alpha value is -0.550. The summed E-state index contributed by atoms with van der Waals surface area (Å²) in [7, 11) is 0. The predicted molar refractivity (Wildman–Crippen MR) is 77.5 cm³/mol. The van der Waals surface area contributed by atoms with Crippen molar-refractivity contribution in [3.63, 3.8) is 0 Å². The van der Waals surface area contributed by atoms with Gasteiger partial charge >= 0.3 is 0 Å². The van der Waals surface area contributed by atoms with E-state index in [1.807, 2.05) is 0 Å². The molecule has 2 fully saturated rings. The van der Waals surface area contributed by atoms with Crippen molar-refractivity contribution in [2.75, 3.05) is 13.2 Å². The van der Waals surface area contributed by atoms with E-state index < -0.39 is 0 Å². The molecule has 2 aliphatic rings. The number of rotatable bonds is 4. The van der Waals surface area contributed by atoms with Crippen LogP contribution in [0.25, 0.3) is 0 Å². The minimum atomic E-state index is -0.0554. The number of nitrogens with zero attached hydrogens (tertiary/aromatic N) is 1. The number of hydrogen-bond donors (Lipinski definition) is 0. The third-order valence-corrected chi connectivity index (χ3v) is 5.30. The summed E-state index contributed by atoms with van der Waals surface area (Å²) in [6.45, 7) is 13.3. The molecule has 1 aliphatic carbocycles. The fourth-order valence-corrected chi connectivity index (χ4v) is 3.85. The van der Waals surface area contributed by atoms with E-state index in [0.29, 0.717) is 17.3 Å². The summed E-state index contributed by atoms with van der Waals surface area (Å²) in [5.41, 5.74) is 0.515. The molecule has 0 aromatic heterocycles. The summed E-state index contributed by atoms with van der Waals surface area (Å²) in [6, 6.07) is 2.69. The van der Waals surface area contributed by atoms with Crippen molar-refractivity contribution in [1.29, 1.82) is 5.26 Å². The largest absolute Gasteiger partial charge is 0.381 e. The Labute approximate surface area is 118 Å². The standard InChI is InChI=1S/C17H29NO/c1-15(2,3)11-17(12-18)7-6-13(17)8-16(4,5)14-9-19-10-14/h13-14H,6-11H2,1-5H3. The van der Waals surface area contributed by atoms with Crippen molar-refractivity contribution in [2.45, 2.75) is 60.3 Å². The molecule has 1 saturated heterocycles. The summed E-state index contributed by atoms with van der Waals surface area (Å²) in [4.78, 5) is 0. The molecule has 0 radical (unpaired) electrons. The average molecular weight is 263 g/mol. The van der Waals surface area contributed by atoms with Crippen molar-refractivity contribution < 1.29 is 4.74 Å². The Bertz CT molecular complexity index is 370. The SMILES string of the molecule is CC(C)(C)CC1(C#N)CCC1CC(C)(C)C1COC1. The Kier molecular flexibility index (Phi) is 3.73. The van der Waals surface area contributed by atoms with Crippen LogP contribution in [0.4, 0.5) is 0 Å². The summed E-state index contributed by atoms with van der Waals surface area (Å²) in [5.74, 6) is 1.28. The molecule has 2 atom stereocenters. The first-order chi connectivity index (χ1) is 8.69. The van der Waals surface area contributed by atoms with Crippen molar-refractivity contribution >= 4 is 0 Å². The van der Waals surface area contributed by atoms with Gasteiger partial charge < -0.3 is 4.74 Å². The molecule has 0 aromatic carbocycles. The maximum Gasteiger partial charge on any atom is 0.0692 e. The lowest BCUT2D eigenvalue weighted by Crippen LogP contribution is -2.47. The van der Waals surface area contributed by atoms with Gasteiger partial charge in [0.15, 0.2) is 0 Å². The Morgan fingerprint density at radius 1 is 1.21 bits per heavy atom. The van der Waals surface area contributed by atoms with Crippen molar-refractivity contribution in [1.82, 2.24) is 0 Å². The van der Waals surface area contributed by atoms with Crippen LogP contribution in [0.2, 0.25) is 0 Å². The van der Waals surface area contributed by atoms with E-state index in [2.05, 4.69) is 40.7 Å². The van der Waals surface area contributed by atoms with Crippen LogP contribution in [0.3, 0.4) is 0 Å². The number of ether oxygens (including phenoxy) is 1. The maximum atomic E-state index is 9.70. The van der Waals surface area contributed by atoms with Gasteiger partial charge in [-0.1, -0.05) is 34.6 Å². The zero-order valence-electron chi connectivity index (χ0n) is 13.3. The zero-order chi connectivity index (χ0) is 14.3. The van der Waals surface area contributed by atoms with E-state index in [1.165, 1.54) is 12.8 Å². The van der Waals surface area contributed by atoms with Gasteiger partial charge in [-0.25, -0.2) is 0 Å². The molecule has 2 nitrogen and oxygen atoms in total. The minimum absolute atomic E-state index is 0.0554. The second-order valence-corrected chi connectivity index (χ2v) is 8.67. The summed E-state index contributed by atoms with van der Waals surface area (Å²) in [6.07, 6.45) is 4.56. The van der Waals surface area contributed by atoms with Gasteiger partial charge in [-0.15, -0.1) is 0 Å². The molecule has 0 N–H and O–H groups in total. The van der Waals surface area contributed by atoms with E-state index in [4.69, 9.17) is 4.74 Å². The predicted octanol–water partition coefficient (Wildman–Crippen LogP) is 4.41. The summed E-state index contributed by atoms with van der Waals surface area (Å²) < 4.78 is 5.35. The van der Waals surface area contributed by atoms with Crippen LogP contribution >= 0.6 is 0 Å². The normalized spacial score (nSPS) is 32.3. The molecular formula is C17H29NO. The molecule has 0 aromatic rings. The lowest BCUT2D eigenvalue weighted by molar-refractivity contribution is -0.107. The number of nitriles is 1. The van der Waals surface area contributed by atoms with Crippen molar-refractivity contribution in [3.05, 3.63) is 0 Å². The van der Waals surface area contributed by atoms with Gasteiger partial charge in [0.1, 0.15) is 0 Å². The molecule has 19 heavy (non-hydrogen) atoms. The van der Waals surface area contributed by atoms with Crippen molar-refractivity contribution in [2.24, 2.45) is 28.1 Å². The third kappa shape index (κ3) is 2.97. The molecule has 0 amide bonds. The van der Waals surface area contributed by atoms with E-state index in [1.54, 1.807) is 0 Å². The van der Waals surface area contributed by atoms with Gasteiger partial charge in [-0.3, -0.25) is 0 Å². The first-order valence-corrected chi connectivity index (χ1v) is 7.68. The molecule has 1 heterocycles. The lowest BCUT2D eigenvalue weighted by Gasteiger charge is -2.52. The molecule has 0 bridgehead atoms. The highest BCUT2D eigenvalue weighted by molar-refractivity contribution is 5.12. The van der Waals surface area contributed by atoms with Crippen LogP contribution in [0.1, 0.15) is 60.3 Å². The molecule has 0 spiro atoms. The molecule has 2 rings (SSSR count).